The molecule has 21 rings (SSSR count). The molecule has 21 saturated heterocycles. The van der Waals surface area contributed by atoms with Gasteiger partial charge in [0.2, 0.25) is 0 Å². The van der Waals surface area contributed by atoms with Gasteiger partial charge in [0.15, 0.2) is 44.0 Å². The quantitative estimate of drug-likeness (QED) is 0.0831. The molecule has 0 aliphatic carbocycles. The Kier molecular flexibility index (Phi) is 21.5. The van der Waals surface area contributed by atoms with Gasteiger partial charge >= 0.3 is 0 Å². The van der Waals surface area contributed by atoms with E-state index in [1.165, 1.54) is 0 Å². The van der Waals surface area contributed by atoms with Crippen LogP contribution < -0.4 is 0 Å². The Bertz CT molecular complexity index is 1470. The molecule has 34 nitrogen and oxygen atoms in total. The fourth-order valence-electron chi connectivity index (χ4n) is 10.4. The van der Waals surface area contributed by atoms with E-state index < -0.39 is 259 Å². The fourth-order valence-corrected chi connectivity index (χ4v) is 11.1. The molecule has 35 atom stereocenters. The maximum Gasteiger partial charge on any atom is 0.187 e. The van der Waals surface area contributed by atoms with Crippen LogP contribution in [-0.2, 0) is 66.3 Å². The van der Waals surface area contributed by atoms with Crippen molar-refractivity contribution in [2.24, 2.45) is 0 Å². The maximum absolute atomic E-state index is 11.6. The summed E-state index contributed by atoms with van der Waals surface area (Å²) in [6.07, 6.45) is -65.5. The van der Waals surface area contributed by atoms with Crippen molar-refractivity contribution >= 4 is 22.6 Å². The average molecular weight is 1240 g/mol. The SMILES string of the molecule is OC[C@H]1O[C@@H]2O[C@H]3[C@H](O)[C@@H](O)[C@@H](O[C@H]4[C@H](O)[C@@H](O)[C@@H](O[C@H]5[C@H](O)[C@@H](O)[C@@H](O[C@H]6[C@@H](O)[C@H](I)[C@@H](O[C@H]7[C@@H](O)[C@H](O)[C@@H](O[C@H]8[C@@H](O)[C@H](O)[C@@H](O[C@H]1[C@H](O)[C@H]2O)O[C@@H]8CO)O[C@@H]7CO)O[C@@H]6CO)O[C@@H]5CO)O[C@@H]4CO)O[C@@H]3CO. The van der Waals surface area contributed by atoms with Crippen molar-refractivity contribution in [3.8, 4) is 0 Å². The molecular formula is C42H69IO34. The molecule has 0 aromatic rings. The van der Waals surface area contributed by atoms with Gasteiger partial charge < -0.3 is 168 Å². The summed E-state index contributed by atoms with van der Waals surface area (Å²) in [4.78, 5) is 0. The van der Waals surface area contributed by atoms with E-state index in [-0.39, 0.29) is 0 Å². The van der Waals surface area contributed by atoms with E-state index in [9.17, 15) is 102 Å². The van der Waals surface area contributed by atoms with Gasteiger partial charge in [-0.05, 0) is 0 Å². The lowest BCUT2D eigenvalue weighted by Gasteiger charge is -2.50. The van der Waals surface area contributed by atoms with Gasteiger partial charge in [-0.2, -0.15) is 0 Å². The number of aliphatic hydroxyl groups is 20. The molecule has 35 heteroatoms. The van der Waals surface area contributed by atoms with Gasteiger partial charge in [-0.1, -0.05) is 22.6 Å². The van der Waals surface area contributed by atoms with E-state index in [0.29, 0.717) is 0 Å². The largest absolute Gasteiger partial charge is 0.394 e. The summed E-state index contributed by atoms with van der Waals surface area (Å²) in [5.41, 5.74) is 0. The summed E-state index contributed by atoms with van der Waals surface area (Å²) < 4.78 is 79.2. The lowest BCUT2D eigenvalue weighted by Crippen LogP contribution is -2.68. The fraction of sp³-hybridized carbons (Fsp3) is 1.00. The topological polar surface area (TPSA) is 534 Å². The number of ether oxygens (including phenoxy) is 14. The molecule has 0 radical (unpaired) electrons. The molecule has 0 saturated carbocycles. The van der Waals surface area contributed by atoms with Gasteiger partial charge in [0.25, 0.3) is 0 Å². The zero-order valence-electron chi connectivity index (χ0n) is 40.2. The van der Waals surface area contributed by atoms with Gasteiger partial charge in [-0.3, -0.25) is 0 Å². The molecular weight excluding hydrogens is 1180 g/mol. The van der Waals surface area contributed by atoms with E-state index in [2.05, 4.69) is 0 Å². The van der Waals surface area contributed by atoms with Crippen LogP contribution in [0.15, 0.2) is 0 Å². The van der Waals surface area contributed by atoms with Crippen LogP contribution in [0.5, 0.6) is 0 Å². The third-order valence-corrected chi connectivity index (χ3v) is 16.1. The van der Waals surface area contributed by atoms with Crippen LogP contribution in [0.25, 0.3) is 0 Å². The first-order chi connectivity index (χ1) is 36.7. The Labute approximate surface area is 448 Å². The Morgan fingerprint density at radius 3 is 0.506 bits per heavy atom. The molecule has 21 aliphatic rings. The minimum atomic E-state index is -2.19. The Morgan fingerprint density at radius 1 is 0.195 bits per heavy atom. The van der Waals surface area contributed by atoms with Crippen molar-refractivity contribution in [2.75, 3.05) is 46.2 Å². The normalized spacial score (nSPS) is 55.4. The third kappa shape index (κ3) is 12.3. The Morgan fingerprint density at radius 2 is 0.338 bits per heavy atom. The first-order valence-corrected chi connectivity index (χ1v) is 25.8. The van der Waals surface area contributed by atoms with Crippen LogP contribution in [0, 0.1) is 0 Å². The third-order valence-electron chi connectivity index (χ3n) is 14.7. The maximum atomic E-state index is 11.6. The molecule has 21 fully saturated rings. The van der Waals surface area contributed by atoms with Crippen molar-refractivity contribution in [2.45, 2.75) is 213 Å². The molecule has 0 unspecified atom stereocenters. The average Bonchev–Trinajstić information content (AvgIpc) is 3.45. The van der Waals surface area contributed by atoms with Crippen LogP contribution >= 0.6 is 22.6 Å². The van der Waals surface area contributed by atoms with Crippen molar-refractivity contribution in [3.05, 3.63) is 0 Å². The number of hydrogen-bond donors (Lipinski definition) is 20. The van der Waals surface area contributed by atoms with Crippen LogP contribution in [0.3, 0.4) is 0 Å². The van der Waals surface area contributed by atoms with Gasteiger partial charge in [0.05, 0.1) is 56.3 Å². The molecule has 77 heavy (non-hydrogen) atoms. The molecule has 0 aromatic heterocycles. The molecule has 0 aromatic carbocycles. The molecule has 14 bridgehead atoms. The van der Waals surface area contributed by atoms with E-state index in [4.69, 9.17) is 66.3 Å². The van der Waals surface area contributed by atoms with E-state index in [1.807, 2.05) is 0 Å². The summed E-state index contributed by atoms with van der Waals surface area (Å²) in [5.74, 6) is 0. The number of alkyl halides is 1. The van der Waals surface area contributed by atoms with Crippen LogP contribution in [0.4, 0.5) is 0 Å². The number of aliphatic hydroxyl groups excluding tert-OH is 20. The minimum absolute atomic E-state index is 0.939. The molecule has 21 aliphatic heterocycles. The molecule has 20 N–H and O–H groups in total. The highest BCUT2D eigenvalue weighted by molar-refractivity contribution is 14.1. The standard InChI is InChI=1S/C42H69IO34/c43-15-16(51)29-8(1-44)64-36(15)71-30-9(2-45)65-38(23(58)17(30)52)73-32-11(4-47)67-40(25(60)19(32)54)75-34-13(6-49)69-42(27(62)21(34)56)77-35-14(7-50)70-41(28(63)22(35)57)76-33-12(5-48)68-39(26(61)20(33)55)74-31-10(3-46)66-37(72-29)24(59)18(31)53/h8-42,44-63H,1-7H2/t8-,9-,10-,11-,12-,13-,14-,15+,16+,17+,18-,19+,20-,21-,22-,23+,24-,25+,26-,27-,28-,29-,30-,31-,32-,33-,34-,35-,36-,37-,38-,39-,40-,41-,42-/m1/s1. The van der Waals surface area contributed by atoms with Gasteiger partial charge in [0, 0.05) is 0 Å². The smallest absolute Gasteiger partial charge is 0.187 e. The van der Waals surface area contributed by atoms with Crippen LogP contribution in [0.1, 0.15) is 0 Å². The summed E-state index contributed by atoms with van der Waals surface area (Å²) in [6, 6.07) is 0. The second-order valence-electron chi connectivity index (χ2n) is 19.6. The molecule has 21 heterocycles. The molecule has 0 spiro atoms. The van der Waals surface area contributed by atoms with Gasteiger partial charge in [-0.25, -0.2) is 0 Å². The lowest BCUT2D eigenvalue weighted by molar-refractivity contribution is -0.396. The van der Waals surface area contributed by atoms with E-state index >= 15 is 0 Å². The Hall–Kier alpha value is -0.630. The lowest BCUT2D eigenvalue weighted by atomic mass is 9.95. The number of hydrogen-bond acceptors (Lipinski definition) is 34. The van der Waals surface area contributed by atoms with E-state index in [0.717, 1.165) is 0 Å². The second-order valence-corrected chi connectivity index (χ2v) is 21.0. The van der Waals surface area contributed by atoms with Crippen molar-refractivity contribution in [3.63, 3.8) is 0 Å². The highest BCUT2D eigenvalue weighted by atomic mass is 127. The summed E-state index contributed by atoms with van der Waals surface area (Å²) in [6.45, 7) is -7.02. The van der Waals surface area contributed by atoms with E-state index in [1.54, 1.807) is 22.6 Å². The zero-order valence-corrected chi connectivity index (χ0v) is 42.4. The Balaban J connectivity index is 1.08. The predicted octanol–water partition coefficient (Wildman–Crippen LogP) is -13.8. The summed E-state index contributed by atoms with van der Waals surface area (Å²) in [7, 11) is 0. The highest BCUT2D eigenvalue weighted by Crippen LogP contribution is 2.39. The first kappa shape index (κ1) is 62.4. The summed E-state index contributed by atoms with van der Waals surface area (Å²) >= 11 is 1.65. The van der Waals surface area contributed by atoms with Crippen molar-refractivity contribution in [1.29, 1.82) is 0 Å². The number of halogens is 1. The van der Waals surface area contributed by atoms with Gasteiger partial charge in [-0.15, -0.1) is 0 Å². The van der Waals surface area contributed by atoms with Crippen molar-refractivity contribution in [1.82, 2.24) is 0 Å². The predicted molar refractivity (Wildman–Crippen MR) is 240 cm³/mol. The van der Waals surface area contributed by atoms with Gasteiger partial charge in [0.1, 0.15) is 159 Å². The number of rotatable bonds is 7. The van der Waals surface area contributed by atoms with Crippen LogP contribution in [-0.4, -0.2) is 361 Å². The minimum Gasteiger partial charge on any atom is -0.394 e. The monoisotopic (exact) mass is 1240 g/mol. The van der Waals surface area contributed by atoms with Crippen molar-refractivity contribution < 1.29 is 168 Å². The molecule has 0 amide bonds. The zero-order chi connectivity index (χ0) is 56.1. The first-order valence-electron chi connectivity index (χ1n) is 24.6. The molecule has 448 valence electrons. The van der Waals surface area contributed by atoms with Crippen LogP contribution in [0.2, 0.25) is 0 Å². The highest BCUT2D eigenvalue weighted by Gasteiger charge is 2.59. The summed E-state index contributed by atoms with van der Waals surface area (Å²) in [5, 5.41) is 220. The second kappa shape index (κ2) is 26.5.